The first-order valence-corrected chi connectivity index (χ1v) is 7.47. The van der Waals surface area contributed by atoms with Gasteiger partial charge in [-0.1, -0.05) is 37.3 Å². The van der Waals surface area contributed by atoms with E-state index >= 15 is 0 Å². The Morgan fingerprint density at radius 3 is 2.65 bits per heavy atom. The summed E-state index contributed by atoms with van der Waals surface area (Å²) in [7, 11) is 0. The highest BCUT2D eigenvalue weighted by atomic mass is 16.5. The fourth-order valence-corrected chi connectivity index (χ4v) is 2.60. The molecular formula is C16H24N2O2. The van der Waals surface area contributed by atoms with Crippen LogP contribution in [0.3, 0.4) is 0 Å². The second-order valence-electron chi connectivity index (χ2n) is 5.02. The van der Waals surface area contributed by atoms with Gasteiger partial charge in [0.15, 0.2) is 0 Å². The number of rotatable bonds is 7. The van der Waals surface area contributed by atoms with Gasteiger partial charge in [0.25, 0.3) is 0 Å². The first-order chi connectivity index (χ1) is 9.77. The number of nitrogens with one attached hydrogen (secondary N) is 1. The Kier molecular flexibility index (Phi) is 5.56. The predicted octanol–water partition coefficient (Wildman–Crippen LogP) is 2.32. The Morgan fingerprint density at radius 1 is 1.25 bits per heavy atom. The zero-order chi connectivity index (χ0) is 14.4. The number of ether oxygens (including phenoxy) is 1. The van der Waals surface area contributed by atoms with Crippen molar-refractivity contribution in [2.75, 3.05) is 19.8 Å². The molecule has 1 fully saturated rings. The van der Waals surface area contributed by atoms with E-state index < -0.39 is 0 Å². The van der Waals surface area contributed by atoms with E-state index in [1.54, 1.807) is 0 Å². The maximum Gasteiger partial charge on any atom is 0.241 e. The normalized spacial score (nSPS) is 22.5. The first kappa shape index (κ1) is 15.0. The average molecular weight is 276 g/mol. The molecule has 0 saturated carbocycles. The molecule has 4 heteroatoms. The topological polar surface area (TPSA) is 41.6 Å². The zero-order valence-corrected chi connectivity index (χ0v) is 12.3. The van der Waals surface area contributed by atoms with Crippen LogP contribution in [0.1, 0.15) is 38.4 Å². The molecule has 1 N–H and O–H groups in total. The van der Waals surface area contributed by atoms with Gasteiger partial charge < -0.3 is 9.64 Å². The molecule has 110 valence electrons. The van der Waals surface area contributed by atoms with Crippen molar-refractivity contribution in [1.82, 2.24) is 10.2 Å². The van der Waals surface area contributed by atoms with E-state index in [1.165, 1.54) is 0 Å². The summed E-state index contributed by atoms with van der Waals surface area (Å²) in [5.41, 5.74) is 1.15. The summed E-state index contributed by atoms with van der Waals surface area (Å²) in [6, 6.07) is 10.1. The van der Waals surface area contributed by atoms with Crippen molar-refractivity contribution >= 4 is 5.91 Å². The summed E-state index contributed by atoms with van der Waals surface area (Å²) in [5, 5.41) is 3.43. The minimum Gasteiger partial charge on any atom is -0.382 e. The van der Waals surface area contributed by atoms with E-state index in [0.717, 1.165) is 31.6 Å². The number of carbonyl (C=O) groups is 1. The molecule has 2 unspecified atom stereocenters. The SMILES string of the molecule is CCOCCCN1C(=O)C(CC)NC1c1ccccc1. The van der Waals surface area contributed by atoms with Crippen LogP contribution in [-0.4, -0.2) is 36.6 Å². The van der Waals surface area contributed by atoms with Gasteiger partial charge >= 0.3 is 0 Å². The number of hydrogen-bond acceptors (Lipinski definition) is 3. The lowest BCUT2D eigenvalue weighted by atomic mass is 10.1. The summed E-state index contributed by atoms with van der Waals surface area (Å²) < 4.78 is 5.36. The lowest BCUT2D eigenvalue weighted by Gasteiger charge is -2.24. The fraction of sp³-hybridized carbons (Fsp3) is 0.562. The van der Waals surface area contributed by atoms with Gasteiger partial charge in [0, 0.05) is 19.8 Å². The zero-order valence-electron chi connectivity index (χ0n) is 12.3. The molecule has 0 aliphatic carbocycles. The van der Waals surface area contributed by atoms with E-state index in [9.17, 15) is 4.79 Å². The Bertz CT molecular complexity index is 422. The van der Waals surface area contributed by atoms with Crippen molar-refractivity contribution in [3.05, 3.63) is 35.9 Å². The van der Waals surface area contributed by atoms with Crippen LogP contribution in [0.25, 0.3) is 0 Å². The van der Waals surface area contributed by atoms with Crippen LogP contribution in [0.15, 0.2) is 30.3 Å². The smallest absolute Gasteiger partial charge is 0.241 e. The van der Waals surface area contributed by atoms with Gasteiger partial charge in [-0.3, -0.25) is 10.1 Å². The highest BCUT2D eigenvalue weighted by Gasteiger charge is 2.37. The third-order valence-corrected chi connectivity index (χ3v) is 3.67. The van der Waals surface area contributed by atoms with Gasteiger partial charge in [-0.15, -0.1) is 0 Å². The maximum atomic E-state index is 12.4. The van der Waals surface area contributed by atoms with E-state index in [1.807, 2.05) is 36.9 Å². The number of amides is 1. The Morgan fingerprint density at radius 2 is 2.00 bits per heavy atom. The molecule has 1 saturated heterocycles. The van der Waals surface area contributed by atoms with Gasteiger partial charge in [0.2, 0.25) is 5.91 Å². The van der Waals surface area contributed by atoms with Gasteiger partial charge in [0.1, 0.15) is 6.17 Å². The van der Waals surface area contributed by atoms with Crippen molar-refractivity contribution in [3.63, 3.8) is 0 Å². The van der Waals surface area contributed by atoms with E-state index in [4.69, 9.17) is 4.74 Å². The molecule has 1 aromatic rings. The van der Waals surface area contributed by atoms with Crippen molar-refractivity contribution in [2.45, 2.75) is 38.9 Å². The summed E-state index contributed by atoms with van der Waals surface area (Å²) in [5.74, 6) is 0.206. The molecule has 2 atom stereocenters. The molecule has 1 amide bonds. The van der Waals surface area contributed by atoms with Gasteiger partial charge in [-0.25, -0.2) is 0 Å². The molecule has 2 rings (SSSR count). The Labute approximate surface area is 121 Å². The number of benzene rings is 1. The van der Waals surface area contributed by atoms with Crippen LogP contribution in [0.2, 0.25) is 0 Å². The molecule has 1 heterocycles. The highest BCUT2D eigenvalue weighted by molar-refractivity contribution is 5.84. The molecule has 0 radical (unpaired) electrons. The lowest BCUT2D eigenvalue weighted by molar-refractivity contribution is -0.130. The van der Waals surface area contributed by atoms with Gasteiger partial charge in [-0.2, -0.15) is 0 Å². The minimum absolute atomic E-state index is 0.00437. The van der Waals surface area contributed by atoms with Crippen LogP contribution in [0.4, 0.5) is 0 Å². The monoisotopic (exact) mass is 276 g/mol. The third-order valence-electron chi connectivity index (χ3n) is 3.67. The van der Waals surface area contributed by atoms with Crippen molar-refractivity contribution in [3.8, 4) is 0 Å². The number of hydrogen-bond donors (Lipinski definition) is 1. The van der Waals surface area contributed by atoms with Crippen LogP contribution >= 0.6 is 0 Å². The molecule has 1 aliphatic rings. The molecule has 0 bridgehead atoms. The largest absolute Gasteiger partial charge is 0.382 e. The van der Waals surface area contributed by atoms with E-state index in [-0.39, 0.29) is 18.1 Å². The summed E-state index contributed by atoms with van der Waals surface area (Å²) in [6.07, 6.45) is 1.70. The van der Waals surface area contributed by atoms with Crippen LogP contribution < -0.4 is 5.32 Å². The summed E-state index contributed by atoms with van der Waals surface area (Å²) in [6.45, 7) is 6.20. The molecule has 0 aromatic heterocycles. The van der Waals surface area contributed by atoms with Gasteiger partial charge in [0.05, 0.1) is 6.04 Å². The first-order valence-electron chi connectivity index (χ1n) is 7.47. The number of nitrogens with zero attached hydrogens (tertiary/aromatic N) is 1. The minimum atomic E-state index is -0.0627. The fourth-order valence-electron chi connectivity index (χ4n) is 2.60. The van der Waals surface area contributed by atoms with E-state index in [2.05, 4.69) is 17.4 Å². The summed E-state index contributed by atoms with van der Waals surface area (Å²) in [4.78, 5) is 14.4. The van der Waals surface area contributed by atoms with E-state index in [0.29, 0.717) is 6.61 Å². The maximum absolute atomic E-state index is 12.4. The molecule has 4 nitrogen and oxygen atoms in total. The predicted molar refractivity (Wildman–Crippen MR) is 79.2 cm³/mol. The average Bonchev–Trinajstić information content (AvgIpc) is 2.81. The second kappa shape index (κ2) is 7.41. The van der Waals surface area contributed by atoms with Crippen LogP contribution in [-0.2, 0) is 9.53 Å². The molecular weight excluding hydrogens is 252 g/mol. The highest BCUT2D eigenvalue weighted by Crippen LogP contribution is 2.26. The van der Waals surface area contributed by atoms with Crippen LogP contribution in [0, 0.1) is 0 Å². The Balaban J connectivity index is 2.05. The molecule has 20 heavy (non-hydrogen) atoms. The lowest BCUT2D eigenvalue weighted by Crippen LogP contribution is -2.32. The van der Waals surface area contributed by atoms with Crippen LogP contribution in [0.5, 0.6) is 0 Å². The number of carbonyl (C=O) groups excluding carboxylic acids is 1. The standard InChI is InChI=1S/C16H24N2O2/c1-3-14-16(19)18(11-8-12-20-4-2)15(17-14)13-9-6-5-7-10-13/h5-7,9-10,14-15,17H,3-4,8,11-12H2,1-2H3. The molecule has 1 aliphatic heterocycles. The van der Waals surface area contributed by atoms with Gasteiger partial charge in [-0.05, 0) is 25.3 Å². The van der Waals surface area contributed by atoms with Crippen molar-refractivity contribution in [1.29, 1.82) is 0 Å². The van der Waals surface area contributed by atoms with Crippen molar-refractivity contribution < 1.29 is 9.53 Å². The third kappa shape index (κ3) is 3.38. The van der Waals surface area contributed by atoms with Crippen molar-refractivity contribution in [2.24, 2.45) is 0 Å². The second-order valence-corrected chi connectivity index (χ2v) is 5.02. The molecule has 1 aromatic carbocycles. The molecule has 0 spiro atoms. The summed E-state index contributed by atoms with van der Waals surface area (Å²) >= 11 is 0. The Hall–Kier alpha value is -1.39. The quantitative estimate of drug-likeness (QED) is 0.777.